The monoisotopic (exact) mass is 340 g/mol. The van der Waals surface area contributed by atoms with E-state index in [2.05, 4.69) is 21.2 Å². The van der Waals surface area contributed by atoms with Crippen LogP contribution >= 0.6 is 15.9 Å². The summed E-state index contributed by atoms with van der Waals surface area (Å²) in [7, 11) is 0. The van der Waals surface area contributed by atoms with Gasteiger partial charge in [0.05, 0.1) is 5.56 Å². The van der Waals surface area contributed by atoms with E-state index in [0.717, 1.165) is 32.4 Å². The van der Waals surface area contributed by atoms with E-state index in [1.54, 1.807) is 6.07 Å². The molecule has 20 heavy (non-hydrogen) atoms. The van der Waals surface area contributed by atoms with Crippen LogP contribution in [0.15, 0.2) is 22.7 Å². The van der Waals surface area contributed by atoms with Gasteiger partial charge in [0.15, 0.2) is 0 Å². The summed E-state index contributed by atoms with van der Waals surface area (Å²) in [6.45, 7) is 1.84. The zero-order chi connectivity index (χ0) is 14.1. The molecule has 5 heteroatoms. The molecule has 2 aliphatic heterocycles. The second kappa shape index (κ2) is 5.82. The molecule has 1 amide bonds. The van der Waals surface area contributed by atoms with Crippen molar-refractivity contribution in [1.82, 2.24) is 10.2 Å². The number of nitrogens with one attached hydrogen (secondary N) is 1. The molecular weight excluding hydrogens is 323 g/mol. The molecule has 2 atom stereocenters. The molecule has 0 saturated carbocycles. The predicted octanol–water partition coefficient (Wildman–Crippen LogP) is 2.94. The highest BCUT2D eigenvalue weighted by Gasteiger charge is 2.36. The Balaban J connectivity index is 1.81. The Morgan fingerprint density at radius 2 is 2.20 bits per heavy atom. The minimum absolute atomic E-state index is 0.00748. The molecule has 2 saturated heterocycles. The van der Waals surface area contributed by atoms with Gasteiger partial charge in [-0.1, -0.05) is 0 Å². The number of rotatable bonds is 2. The molecule has 2 aliphatic rings. The van der Waals surface area contributed by atoms with Crippen molar-refractivity contribution in [3.05, 3.63) is 34.1 Å². The average molecular weight is 341 g/mol. The third kappa shape index (κ3) is 2.61. The highest BCUT2D eigenvalue weighted by molar-refractivity contribution is 9.10. The Labute approximate surface area is 126 Å². The Bertz CT molecular complexity index is 517. The lowest BCUT2D eigenvalue weighted by Crippen LogP contribution is -2.46. The van der Waals surface area contributed by atoms with Crippen LogP contribution in [0.25, 0.3) is 0 Å². The number of likely N-dealkylation sites (tertiary alicyclic amines) is 1. The molecule has 108 valence electrons. The van der Waals surface area contributed by atoms with Crippen molar-refractivity contribution in [2.75, 3.05) is 13.1 Å². The van der Waals surface area contributed by atoms with E-state index in [9.17, 15) is 9.18 Å². The van der Waals surface area contributed by atoms with Crippen LogP contribution in [0.2, 0.25) is 0 Å². The van der Waals surface area contributed by atoms with E-state index < -0.39 is 0 Å². The standard InChI is InChI=1S/C15H18BrFN2O/c16-12-9-10(17)5-6-11(12)15(20)19-8-2-4-14(19)13-3-1-7-18-13/h5-6,9,13-14,18H,1-4,7-8H2. The molecule has 0 aliphatic carbocycles. The smallest absolute Gasteiger partial charge is 0.255 e. The van der Waals surface area contributed by atoms with E-state index in [1.807, 2.05) is 4.90 Å². The molecule has 2 heterocycles. The highest BCUT2D eigenvalue weighted by Crippen LogP contribution is 2.28. The van der Waals surface area contributed by atoms with Gasteiger partial charge in [-0.05, 0) is 66.4 Å². The molecule has 3 rings (SSSR count). The van der Waals surface area contributed by atoms with Crippen molar-refractivity contribution in [2.24, 2.45) is 0 Å². The Morgan fingerprint density at radius 1 is 1.35 bits per heavy atom. The molecular formula is C15H18BrFN2O. The molecule has 1 N–H and O–H groups in total. The summed E-state index contributed by atoms with van der Waals surface area (Å²) in [6.07, 6.45) is 4.43. The van der Waals surface area contributed by atoms with Gasteiger partial charge in [0.1, 0.15) is 5.82 Å². The van der Waals surface area contributed by atoms with Gasteiger partial charge in [0.2, 0.25) is 0 Å². The van der Waals surface area contributed by atoms with Crippen LogP contribution in [0, 0.1) is 5.82 Å². The lowest BCUT2D eigenvalue weighted by atomic mass is 10.0. The number of halogens is 2. The van der Waals surface area contributed by atoms with Crippen LogP contribution in [0.1, 0.15) is 36.0 Å². The minimum Gasteiger partial charge on any atom is -0.334 e. The fourth-order valence-electron chi connectivity index (χ4n) is 3.32. The number of hydrogen-bond acceptors (Lipinski definition) is 2. The average Bonchev–Trinajstić information content (AvgIpc) is 3.09. The fraction of sp³-hybridized carbons (Fsp3) is 0.533. The molecule has 2 unspecified atom stereocenters. The quantitative estimate of drug-likeness (QED) is 0.897. The number of hydrogen-bond donors (Lipinski definition) is 1. The van der Waals surface area contributed by atoms with Gasteiger partial charge >= 0.3 is 0 Å². The number of carbonyl (C=O) groups excluding carboxylic acids is 1. The van der Waals surface area contributed by atoms with Crippen molar-refractivity contribution in [2.45, 2.75) is 37.8 Å². The zero-order valence-electron chi connectivity index (χ0n) is 11.2. The number of amides is 1. The van der Waals surface area contributed by atoms with Crippen LogP contribution in [-0.4, -0.2) is 36.0 Å². The van der Waals surface area contributed by atoms with Gasteiger partial charge < -0.3 is 10.2 Å². The lowest BCUT2D eigenvalue weighted by molar-refractivity contribution is 0.0710. The summed E-state index contributed by atoms with van der Waals surface area (Å²) < 4.78 is 13.7. The van der Waals surface area contributed by atoms with Gasteiger partial charge in [0, 0.05) is 23.1 Å². The Kier molecular flexibility index (Phi) is 4.08. The molecule has 0 spiro atoms. The number of carbonyl (C=O) groups is 1. The van der Waals surface area contributed by atoms with Crippen molar-refractivity contribution >= 4 is 21.8 Å². The number of nitrogens with zero attached hydrogens (tertiary/aromatic N) is 1. The molecule has 3 nitrogen and oxygen atoms in total. The normalized spacial score (nSPS) is 26.2. The van der Waals surface area contributed by atoms with Crippen LogP contribution in [0.5, 0.6) is 0 Å². The van der Waals surface area contributed by atoms with Crippen LogP contribution < -0.4 is 5.32 Å². The molecule has 2 fully saturated rings. The van der Waals surface area contributed by atoms with Gasteiger partial charge in [-0.3, -0.25) is 4.79 Å². The minimum atomic E-state index is -0.330. The maximum atomic E-state index is 13.1. The van der Waals surface area contributed by atoms with Crippen LogP contribution in [-0.2, 0) is 0 Å². The summed E-state index contributed by atoms with van der Waals surface area (Å²) in [5, 5.41) is 3.49. The summed E-state index contributed by atoms with van der Waals surface area (Å²) in [4.78, 5) is 14.7. The molecule has 0 aromatic heterocycles. The summed E-state index contributed by atoms with van der Waals surface area (Å²) >= 11 is 3.30. The van der Waals surface area contributed by atoms with E-state index in [0.29, 0.717) is 16.1 Å². The largest absolute Gasteiger partial charge is 0.334 e. The van der Waals surface area contributed by atoms with Crippen LogP contribution in [0.4, 0.5) is 4.39 Å². The topological polar surface area (TPSA) is 32.3 Å². The molecule has 0 radical (unpaired) electrons. The predicted molar refractivity (Wildman–Crippen MR) is 79.2 cm³/mol. The van der Waals surface area contributed by atoms with Crippen LogP contribution in [0.3, 0.4) is 0 Å². The van der Waals surface area contributed by atoms with E-state index >= 15 is 0 Å². The summed E-state index contributed by atoms with van der Waals surface area (Å²) in [5.74, 6) is -0.322. The maximum absolute atomic E-state index is 13.1. The molecule has 1 aromatic rings. The lowest BCUT2D eigenvalue weighted by Gasteiger charge is -2.30. The first-order valence-corrected chi connectivity index (χ1v) is 7.95. The first kappa shape index (κ1) is 14.0. The van der Waals surface area contributed by atoms with Crippen molar-refractivity contribution in [3.63, 3.8) is 0 Å². The third-order valence-electron chi connectivity index (χ3n) is 4.28. The van der Waals surface area contributed by atoms with Crippen molar-refractivity contribution in [3.8, 4) is 0 Å². The Hall–Kier alpha value is -0.940. The summed E-state index contributed by atoms with van der Waals surface area (Å²) in [6, 6.07) is 4.96. The van der Waals surface area contributed by atoms with Crippen molar-refractivity contribution in [1.29, 1.82) is 0 Å². The number of benzene rings is 1. The van der Waals surface area contributed by atoms with Gasteiger partial charge in [0.25, 0.3) is 5.91 Å². The second-order valence-electron chi connectivity index (χ2n) is 5.54. The third-order valence-corrected chi connectivity index (χ3v) is 4.94. The van der Waals surface area contributed by atoms with Gasteiger partial charge in [-0.15, -0.1) is 0 Å². The first-order chi connectivity index (χ1) is 9.66. The Morgan fingerprint density at radius 3 is 2.90 bits per heavy atom. The zero-order valence-corrected chi connectivity index (χ0v) is 12.8. The highest BCUT2D eigenvalue weighted by atomic mass is 79.9. The van der Waals surface area contributed by atoms with E-state index in [-0.39, 0.29) is 17.8 Å². The van der Waals surface area contributed by atoms with Gasteiger partial charge in [-0.25, -0.2) is 4.39 Å². The first-order valence-electron chi connectivity index (χ1n) is 7.16. The van der Waals surface area contributed by atoms with Gasteiger partial charge in [-0.2, -0.15) is 0 Å². The fourth-order valence-corrected chi connectivity index (χ4v) is 3.84. The summed E-state index contributed by atoms with van der Waals surface area (Å²) in [5.41, 5.74) is 0.552. The second-order valence-corrected chi connectivity index (χ2v) is 6.39. The molecule has 1 aromatic carbocycles. The SMILES string of the molecule is O=C(c1ccc(F)cc1Br)N1CCCC1C1CCCN1. The van der Waals surface area contributed by atoms with Crippen molar-refractivity contribution < 1.29 is 9.18 Å². The maximum Gasteiger partial charge on any atom is 0.255 e. The molecule has 0 bridgehead atoms. The van der Waals surface area contributed by atoms with E-state index in [4.69, 9.17) is 0 Å². The van der Waals surface area contributed by atoms with E-state index in [1.165, 1.54) is 18.6 Å².